The van der Waals surface area contributed by atoms with Crippen molar-refractivity contribution in [2.24, 2.45) is 0 Å². The average molecular weight is 182 g/mol. The van der Waals surface area contributed by atoms with Crippen molar-refractivity contribution >= 4 is 5.91 Å². The highest BCUT2D eigenvalue weighted by Crippen LogP contribution is 1.97. The number of amides is 1. The van der Waals surface area contributed by atoms with Gasteiger partial charge in [0.05, 0.1) is 12.0 Å². The number of nitrogens with zero attached hydrogens (tertiary/aromatic N) is 2. The number of hydrogen-bond acceptors (Lipinski definition) is 3. The Hall–Kier alpha value is -1.36. The molecule has 0 aliphatic carbocycles. The maximum absolute atomic E-state index is 11.1. The second-order valence-corrected chi connectivity index (χ2v) is 2.72. The molecule has 0 aliphatic heterocycles. The second kappa shape index (κ2) is 4.61. The summed E-state index contributed by atoms with van der Waals surface area (Å²) in [6.07, 6.45) is 3.40. The van der Waals surface area contributed by atoms with Gasteiger partial charge in [0.1, 0.15) is 6.54 Å². The molecule has 5 nitrogen and oxygen atoms in total. The van der Waals surface area contributed by atoms with Gasteiger partial charge in [0.25, 0.3) is 0 Å². The smallest absolute Gasteiger partial charge is 0.239 e. The lowest BCUT2D eigenvalue weighted by Gasteiger charge is -2.05. The van der Waals surface area contributed by atoms with Gasteiger partial charge in [-0.15, -0.1) is 0 Å². The first-order valence-electron chi connectivity index (χ1n) is 4.12. The Labute approximate surface area is 77.2 Å². The fraction of sp³-hybridized carbons (Fsp3) is 0.500. The lowest BCUT2D eigenvalue weighted by molar-refractivity contribution is -0.121. The van der Waals surface area contributed by atoms with Gasteiger partial charge >= 0.3 is 0 Å². The number of carbonyl (C=O) groups excluding carboxylic acids is 1. The molecule has 1 heterocycles. The Morgan fingerprint density at radius 2 is 2.38 bits per heavy atom. The summed E-state index contributed by atoms with van der Waals surface area (Å²) in [6.45, 7) is 1.05. The van der Waals surface area contributed by atoms with E-state index in [1.54, 1.807) is 19.6 Å². The minimum atomic E-state index is -0.0182. The zero-order chi connectivity index (χ0) is 9.68. The molecule has 0 saturated heterocycles. The van der Waals surface area contributed by atoms with Gasteiger partial charge in [0.2, 0.25) is 5.91 Å². The lowest BCUT2D eigenvalue weighted by Crippen LogP contribution is -2.24. The van der Waals surface area contributed by atoms with Crippen molar-refractivity contribution in [2.45, 2.75) is 13.1 Å². The first kappa shape index (κ1) is 9.73. The number of rotatable bonds is 4. The molecule has 0 spiro atoms. The maximum atomic E-state index is 11.1. The van der Waals surface area contributed by atoms with Gasteiger partial charge in [-0.1, -0.05) is 0 Å². The molecule has 0 radical (unpaired) electrons. The highest BCUT2D eigenvalue weighted by Gasteiger charge is 2.04. The van der Waals surface area contributed by atoms with Crippen LogP contribution in [0.3, 0.4) is 0 Å². The van der Waals surface area contributed by atoms with Gasteiger partial charge in [-0.3, -0.25) is 4.79 Å². The van der Waals surface area contributed by atoms with Crippen LogP contribution in [0.1, 0.15) is 5.69 Å². The Balaban J connectivity index is 2.64. The van der Waals surface area contributed by atoms with Crippen LogP contribution in [0.25, 0.3) is 0 Å². The summed E-state index contributed by atoms with van der Waals surface area (Å²) in [5.74, 6) is -0.0182. The normalized spacial score (nSPS) is 10.0. The third-order valence-corrected chi connectivity index (χ3v) is 1.75. The molecule has 0 aromatic carbocycles. The van der Waals surface area contributed by atoms with E-state index in [1.165, 1.54) is 0 Å². The van der Waals surface area contributed by atoms with Crippen molar-refractivity contribution < 1.29 is 4.79 Å². The maximum Gasteiger partial charge on any atom is 0.239 e. The molecular formula is C8H14N4O. The molecule has 1 rings (SSSR count). The Bertz CT molecular complexity index is 281. The molecule has 5 heteroatoms. The van der Waals surface area contributed by atoms with E-state index in [1.807, 2.05) is 11.6 Å². The first-order chi connectivity index (χ1) is 6.27. The Morgan fingerprint density at radius 1 is 1.62 bits per heavy atom. The van der Waals surface area contributed by atoms with Gasteiger partial charge < -0.3 is 15.2 Å². The minimum absolute atomic E-state index is 0.0182. The molecule has 1 amide bonds. The molecule has 0 atom stereocenters. The molecule has 0 bridgehead atoms. The van der Waals surface area contributed by atoms with Gasteiger partial charge in [0.15, 0.2) is 0 Å². The van der Waals surface area contributed by atoms with E-state index >= 15 is 0 Å². The summed E-state index contributed by atoms with van der Waals surface area (Å²) in [6, 6.07) is 0. The van der Waals surface area contributed by atoms with Crippen LogP contribution >= 0.6 is 0 Å². The van der Waals surface area contributed by atoms with Crippen molar-refractivity contribution in [2.75, 3.05) is 14.1 Å². The third-order valence-electron chi connectivity index (χ3n) is 1.75. The Kier molecular flexibility index (Phi) is 3.45. The van der Waals surface area contributed by atoms with Crippen LogP contribution in [0, 0.1) is 0 Å². The van der Waals surface area contributed by atoms with Gasteiger partial charge in [0, 0.05) is 19.8 Å². The van der Waals surface area contributed by atoms with Crippen molar-refractivity contribution in [3.63, 3.8) is 0 Å². The summed E-state index contributed by atoms with van der Waals surface area (Å²) < 4.78 is 1.81. The van der Waals surface area contributed by atoms with E-state index < -0.39 is 0 Å². The summed E-state index contributed by atoms with van der Waals surface area (Å²) in [5, 5.41) is 5.57. The fourth-order valence-corrected chi connectivity index (χ4v) is 1.05. The zero-order valence-corrected chi connectivity index (χ0v) is 7.87. The SMILES string of the molecule is CNCc1cncn1CC(=O)NC. The van der Waals surface area contributed by atoms with E-state index in [9.17, 15) is 4.79 Å². The number of aromatic nitrogens is 2. The van der Waals surface area contributed by atoms with Crippen LogP contribution < -0.4 is 10.6 Å². The monoisotopic (exact) mass is 182 g/mol. The molecule has 0 saturated carbocycles. The van der Waals surface area contributed by atoms with Crippen LogP contribution in [0.5, 0.6) is 0 Å². The van der Waals surface area contributed by atoms with E-state index in [0.717, 1.165) is 12.2 Å². The van der Waals surface area contributed by atoms with E-state index in [2.05, 4.69) is 15.6 Å². The molecule has 0 unspecified atom stereocenters. The van der Waals surface area contributed by atoms with E-state index in [-0.39, 0.29) is 5.91 Å². The lowest BCUT2D eigenvalue weighted by atomic mass is 10.4. The minimum Gasteiger partial charge on any atom is -0.358 e. The standard InChI is InChI=1S/C8H14N4O/c1-9-3-7-4-11-6-12(7)5-8(13)10-2/h4,6,9H,3,5H2,1-2H3,(H,10,13). The molecule has 1 aromatic heterocycles. The highest BCUT2D eigenvalue weighted by molar-refractivity contribution is 5.75. The third kappa shape index (κ3) is 2.55. The Morgan fingerprint density at radius 3 is 3.00 bits per heavy atom. The van der Waals surface area contributed by atoms with Gasteiger partial charge in [-0.05, 0) is 7.05 Å². The fourth-order valence-electron chi connectivity index (χ4n) is 1.05. The van der Waals surface area contributed by atoms with E-state index in [0.29, 0.717) is 6.54 Å². The van der Waals surface area contributed by atoms with Crippen molar-refractivity contribution in [1.29, 1.82) is 0 Å². The van der Waals surface area contributed by atoms with Crippen molar-refractivity contribution in [3.05, 3.63) is 18.2 Å². The van der Waals surface area contributed by atoms with Crippen LogP contribution in [-0.2, 0) is 17.9 Å². The molecular weight excluding hydrogens is 168 g/mol. The zero-order valence-electron chi connectivity index (χ0n) is 7.87. The number of hydrogen-bond donors (Lipinski definition) is 2. The molecule has 1 aromatic rings. The number of carbonyl (C=O) groups is 1. The molecule has 72 valence electrons. The van der Waals surface area contributed by atoms with Crippen LogP contribution in [-0.4, -0.2) is 29.6 Å². The van der Waals surface area contributed by atoms with Crippen LogP contribution in [0.4, 0.5) is 0 Å². The van der Waals surface area contributed by atoms with Crippen molar-refractivity contribution in [3.8, 4) is 0 Å². The second-order valence-electron chi connectivity index (χ2n) is 2.72. The van der Waals surface area contributed by atoms with Gasteiger partial charge in [-0.25, -0.2) is 4.98 Å². The summed E-state index contributed by atoms with van der Waals surface area (Å²) in [4.78, 5) is 15.0. The summed E-state index contributed by atoms with van der Waals surface area (Å²) >= 11 is 0. The van der Waals surface area contributed by atoms with E-state index in [4.69, 9.17) is 0 Å². The molecule has 0 aliphatic rings. The predicted molar refractivity (Wildman–Crippen MR) is 49.1 cm³/mol. The largest absolute Gasteiger partial charge is 0.358 e. The van der Waals surface area contributed by atoms with Gasteiger partial charge in [-0.2, -0.15) is 0 Å². The first-order valence-corrected chi connectivity index (χ1v) is 4.12. The molecule has 2 N–H and O–H groups in total. The number of likely N-dealkylation sites (N-methyl/N-ethyl adjacent to an activating group) is 1. The summed E-state index contributed by atoms with van der Waals surface area (Å²) in [5.41, 5.74) is 1.01. The van der Waals surface area contributed by atoms with Crippen molar-refractivity contribution in [1.82, 2.24) is 20.2 Å². The van der Waals surface area contributed by atoms with Crippen LogP contribution in [0.2, 0.25) is 0 Å². The quantitative estimate of drug-likeness (QED) is 0.650. The van der Waals surface area contributed by atoms with Crippen LogP contribution in [0.15, 0.2) is 12.5 Å². The molecule has 13 heavy (non-hydrogen) atoms. The molecule has 0 fully saturated rings. The predicted octanol–water partition coefficient (Wildman–Crippen LogP) is -0.651. The highest BCUT2D eigenvalue weighted by atomic mass is 16.1. The topological polar surface area (TPSA) is 59.0 Å². The average Bonchev–Trinajstić information content (AvgIpc) is 2.54. The summed E-state index contributed by atoms with van der Waals surface area (Å²) in [7, 11) is 3.48. The number of nitrogens with one attached hydrogen (secondary N) is 2. The number of imidazole rings is 1.